The minimum atomic E-state index is -0.617. The first kappa shape index (κ1) is 18.5. The van der Waals surface area contributed by atoms with E-state index in [4.69, 9.17) is 0 Å². The average Bonchev–Trinajstić information content (AvgIpc) is 2.84. The summed E-state index contributed by atoms with van der Waals surface area (Å²) in [5, 5.41) is 3.35. The van der Waals surface area contributed by atoms with Gasteiger partial charge in [0.05, 0.1) is 0 Å². The molecule has 0 radical (unpaired) electrons. The van der Waals surface area contributed by atoms with Gasteiger partial charge in [-0.15, -0.1) is 0 Å². The number of nitrogens with one attached hydrogen (secondary N) is 1. The minimum Gasteiger partial charge on any atom is -0.347 e. The molecule has 4 rings (SSSR count). The number of carbonyl (C=O) groups is 3. The van der Waals surface area contributed by atoms with Crippen LogP contribution in [0.5, 0.6) is 0 Å². The third-order valence-electron chi connectivity index (χ3n) is 5.78. The highest BCUT2D eigenvalue weighted by Gasteiger charge is 2.39. The van der Waals surface area contributed by atoms with E-state index in [-0.39, 0.29) is 11.6 Å². The molecule has 6 heteroatoms. The summed E-state index contributed by atoms with van der Waals surface area (Å²) in [6.07, 6.45) is 9.42. The number of urea groups is 1. The smallest absolute Gasteiger partial charge is 0.331 e. The molecule has 2 aromatic rings. The maximum absolute atomic E-state index is 13.1. The SMILES string of the molecule is CCn1cc(/C=C2\C(=O)NC(=O)N(C3CCCCCC3)C2=O)c2ccccc21. The van der Waals surface area contributed by atoms with E-state index in [0.29, 0.717) is 0 Å². The van der Waals surface area contributed by atoms with Gasteiger partial charge in [0, 0.05) is 35.2 Å². The van der Waals surface area contributed by atoms with E-state index in [9.17, 15) is 14.4 Å². The van der Waals surface area contributed by atoms with Crippen LogP contribution in [0.3, 0.4) is 0 Å². The highest BCUT2D eigenvalue weighted by atomic mass is 16.2. The van der Waals surface area contributed by atoms with Gasteiger partial charge in [-0.3, -0.25) is 19.8 Å². The van der Waals surface area contributed by atoms with Gasteiger partial charge in [-0.2, -0.15) is 0 Å². The number of carbonyl (C=O) groups excluding carboxylic acids is 3. The third-order valence-corrected chi connectivity index (χ3v) is 5.78. The van der Waals surface area contributed by atoms with Gasteiger partial charge in [-0.1, -0.05) is 43.9 Å². The number of hydrogen-bond donors (Lipinski definition) is 1. The lowest BCUT2D eigenvalue weighted by Crippen LogP contribution is -2.57. The summed E-state index contributed by atoms with van der Waals surface area (Å²) < 4.78 is 2.08. The summed E-state index contributed by atoms with van der Waals surface area (Å²) in [7, 11) is 0. The maximum atomic E-state index is 13.1. The van der Waals surface area contributed by atoms with Gasteiger partial charge in [0.15, 0.2) is 0 Å². The Morgan fingerprint density at radius 1 is 1.07 bits per heavy atom. The molecule has 2 fully saturated rings. The van der Waals surface area contributed by atoms with Gasteiger partial charge < -0.3 is 4.57 Å². The molecule has 146 valence electrons. The molecule has 1 aliphatic carbocycles. The van der Waals surface area contributed by atoms with Crippen molar-refractivity contribution >= 4 is 34.8 Å². The maximum Gasteiger partial charge on any atom is 0.331 e. The number of nitrogens with zero attached hydrogens (tertiary/aromatic N) is 2. The van der Waals surface area contributed by atoms with Crippen molar-refractivity contribution in [1.29, 1.82) is 0 Å². The molecule has 0 atom stereocenters. The molecule has 0 unspecified atom stereocenters. The second kappa shape index (κ2) is 7.62. The molecular weight excluding hydrogens is 354 g/mol. The van der Waals surface area contributed by atoms with E-state index in [1.54, 1.807) is 6.08 Å². The van der Waals surface area contributed by atoms with Crippen LogP contribution >= 0.6 is 0 Å². The van der Waals surface area contributed by atoms with Crippen molar-refractivity contribution in [2.24, 2.45) is 0 Å². The van der Waals surface area contributed by atoms with Crippen LogP contribution in [-0.2, 0) is 16.1 Å². The zero-order valence-corrected chi connectivity index (χ0v) is 16.1. The summed E-state index contributed by atoms with van der Waals surface area (Å²) in [4.78, 5) is 39.3. The largest absolute Gasteiger partial charge is 0.347 e. The summed E-state index contributed by atoms with van der Waals surface area (Å²) >= 11 is 0. The number of fused-ring (bicyclic) bond motifs is 1. The van der Waals surface area contributed by atoms with Gasteiger partial charge in [0.2, 0.25) is 0 Å². The number of rotatable bonds is 3. The molecule has 0 bridgehead atoms. The van der Waals surface area contributed by atoms with E-state index in [2.05, 4.69) is 9.88 Å². The number of aryl methyl sites for hydroxylation is 1. The van der Waals surface area contributed by atoms with Crippen LogP contribution < -0.4 is 5.32 Å². The van der Waals surface area contributed by atoms with Crippen LogP contribution in [0.1, 0.15) is 51.0 Å². The number of benzene rings is 1. The molecule has 1 aromatic heterocycles. The topological polar surface area (TPSA) is 71.4 Å². The van der Waals surface area contributed by atoms with Gasteiger partial charge >= 0.3 is 6.03 Å². The van der Waals surface area contributed by atoms with Crippen LogP contribution in [0.4, 0.5) is 4.79 Å². The first-order chi connectivity index (χ1) is 13.6. The Bertz CT molecular complexity index is 965. The van der Waals surface area contributed by atoms with Crippen LogP contribution in [0.25, 0.3) is 17.0 Å². The Hall–Kier alpha value is -2.89. The predicted octanol–water partition coefficient (Wildman–Crippen LogP) is 3.85. The fraction of sp³-hybridized carbons (Fsp3) is 0.409. The number of para-hydroxylation sites is 1. The molecule has 2 aliphatic rings. The second-order valence-corrected chi connectivity index (χ2v) is 7.53. The number of aromatic nitrogens is 1. The number of imide groups is 2. The minimum absolute atomic E-state index is 0.0304. The van der Waals surface area contributed by atoms with Crippen molar-refractivity contribution in [2.45, 2.75) is 58.0 Å². The Labute approximate surface area is 164 Å². The highest BCUT2D eigenvalue weighted by molar-refractivity contribution is 6.31. The van der Waals surface area contributed by atoms with Gasteiger partial charge in [-0.25, -0.2) is 4.79 Å². The van der Waals surface area contributed by atoms with Crippen LogP contribution in [0.2, 0.25) is 0 Å². The van der Waals surface area contributed by atoms with Gasteiger partial charge in [-0.05, 0) is 31.9 Å². The standard InChI is InChI=1S/C22H25N3O3/c1-2-24-14-15(17-11-7-8-12-19(17)24)13-18-20(26)23-22(28)25(21(18)27)16-9-5-3-4-6-10-16/h7-8,11-14,16H,2-6,9-10H2,1H3,(H,23,26,28)/b18-13+. The van der Waals surface area contributed by atoms with Crippen molar-refractivity contribution in [3.63, 3.8) is 0 Å². The van der Waals surface area contributed by atoms with Crippen molar-refractivity contribution in [1.82, 2.24) is 14.8 Å². The average molecular weight is 379 g/mol. The van der Waals surface area contributed by atoms with Crippen LogP contribution in [0, 0.1) is 0 Å². The van der Waals surface area contributed by atoms with Crippen LogP contribution in [-0.4, -0.2) is 33.4 Å². The Morgan fingerprint density at radius 3 is 2.50 bits per heavy atom. The van der Waals surface area contributed by atoms with Crippen molar-refractivity contribution in [3.8, 4) is 0 Å². The van der Waals surface area contributed by atoms with Gasteiger partial charge in [0.25, 0.3) is 11.8 Å². The first-order valence-corrected chi connectivity index (χ1v) is 10.1. The molecule has 1 saturated heterocycles. The second-order valence-electron chi connectivity index (χ2n) is 7.53. The van der Waals surface area contributed by atoms with Crippen molar-refractivity contribution in [3.05, 3.63) is 41.6 Å². The highest BCUT2D eigenvalue weighted by Crippen LogP contribution is 2.28. The zero-order chi connectivity index (χ0) is 19.7. The fourth-order valence-corrected chi connectivity index (χ4v) is 4.33. The quantitative estimate of drug-likeness (QED) is 0.500. The summed E-state index contributed by atoms with van der Waals surface area (Å²) in [6, 6.07) is 7.18. The van der Waals surface area contributed by atoms with E-state index in [1.165, 1.54) is 4.90 Å². The molecule has 2 heterocycles. The normalized spacial score (nSPS) is 20.7. The summed E-state index contributed by atoms with van der Waals surface area (Å²) in [5.74, 6) is -1.10. The molecule has 28 heavy (non-hydrogen) atoms. The lowest BCUT2D eigenvalue weighted by Gasteiger charge is -2.32. The molecule has 6 nitrogen and oxygen atoms in total. The Balaban J connectivity index is 1.73. The molecule has 1 aliphatic heterocycles. The summed E-state index contributed by atoms with van der Waals surface area (Å²) in [6.45, 7) is 2.84. The van der Waals surface area contributed by atoms with Gasteiger partial charge in [0.1, 0.15) is 5.57 Å². The van der Waals surface area contributed by atoms with E-state index in [1.807, 2.05) is 37.4 Å². The molecule has 4 amide bonds. The lowest BCUT2D eigenvalue weighted by molar-refractivity contribution is -0.131. The number of amides is 4. The zero-order valence-electron chi connectivity index (χ0n) is 16.1. The molecule has 1 saturated carbocycles. The van der Waals surface area contributed by atoms with Crippen molar-refractivity contribution < 1.29 is 14.4 Å². The first-order valence-electron chi connectivity index (χ1n) is 10.1. The fourth-order valence-electron chi connectivity index (χ4n) is 4.33. The third kappa shape index (κ3) is 3.23. The van der Waals surface area contributed by atoms with Crippen molar-refractivity contribution in [2.75, 3.05) is 0 Å². The number of hydrogen-bond acceptors (Lipinski definition) is 3. The Kier molecular flexibility index (Phi) is 5.03. The van der Waals surface area contributed by atoms with E-state index in [0.717, 1.165) is 61.5 Å². The monoisotopic (exact) mass is 379 g/mol. The van der Waals surface area contributed by atoms with E-state index < -0.39 is 17.8 Å². The Morgan fingerprint density at radius 2 is 1.79 bits per heavy atom. The molecule has 0 spiro atoms. The molecular formula is C22H25N3O3. The summed E-state index contributed by atoms with van der Waals surface area (Å²) in [5.41, 5.74) is 1.89. The number of barbiturate groups is 1. The lowest BCUT2D eigenvalue weighted by atomic mass is 10.0. The van der Waals surface area contributed by atoms with E-state index >= 15 is 0 Å². The van der Waals surface area contributed by atoms with Crippen LogP contribution in [0.15, 0.2) is 36.0 Å². The molecule has 1 N–H and O–H groups in total. The molecule has 1 aromatic carbocycles. The predicted molar refractivity (Wildman–Crippen MR) is 107 cm³/mol.